The monoisotopic (exact) mass is 288 g/mol. The summed E-state index contributed by atoms with van der Waals surface area (Å²) in [6.07, 6.45) is 0. The van der Waals surface area contributed by atoms with Crippen LogP contribution in [0.25, 0.3) is 0 Å². The first kappa shape index (κ1) is 17.9. The third kappa shape index (κ3) is 4.18. The summed E-state index contributed by atoms with van der Waals surface area (Å²) in [6, 6.07) is 5.98. The second-order valence-electron chi connectivity index (χ2n) is 4.79. The summed E-state index contributed by atoms with van der Waals surface area (Å²) >= 11 is 0. The van der Waals surface area contributed by atoms with Crippen LogP contribution in [0, 0.1) is 11.7 Å². The fourth-order valence-electron chi connectivity index (χ4n) is 1.76. The zero-order chi connectivity index (χ0) is 13.9. The van der Waals surface area contributed by atoms with Gasteiger partial charge in [0.05, 0.1) is 12.0 Å². The molecular weight excluding hydrogens is 267 g/mol. The van der Waals surface area contributed by atoms with Gasteiger partial charge in [-0.3, -0.25) is 4.79 Å². The Hall–Kier alpha value is -1.13. The van der Waals surface area contributed by atoms with E-state index in [0.717, 1.165) is 0 Å². The van der Waals surface area contributed by atoms with Crippen molar-refractivity contribution in [2.24, 2.45) is 11.7 Å². The normalized spacial score (nSPS) is 15.1. The zero-order valence-corrected chi connectivity index (χ0v) is 12.6. The molecule has 0 heterocycles. The molecule has 2 N–H and O–H groups in total. The van der Waals surface area contributed by atoms with Crippen molar-refractivity contribution in [1.82, 2.24) is 4.90 Å². The molecular formula is C14H22ClFN2O. The van der Waals surface area contributed by atoms with Gasteiger partial charge in [0, 0.05) is 18.7 Å². The van der Waals surface area contributed by atoms with Crippen molar-refractivity contribution in [3.05, 3.63) is 35.6 Å². The summed E-state index contributed by atoms with van der Waals surface area (Å²) in [5, 5.41) is 0. The number of rotatable bonds is 4. The van der Waals surface area contributed by atoms with Crippen LogP contribution in [0.5, 0.6) is 0 Å². The van der Waals surface area contributed by atoms with Crippen molar-refractivity contribution in [1.29, 1.82) is 0 Å². The van der Waals surface area contributed by atoms with E-state index in [1.165, 1.54) is 6.07 Å². The lowest BCUT2D eigenvalue weighted by Gasteiger charge is -2.29. The summed E-state index contributed by atoms with van der Waals surface area (Å²) in [7, 11) is 1.68. The maximum atomic E-state index is 13.7. The summed E-state index contributed by atoms with van der Waals surface area (Å²) in [5.41, 5.74) is 6.24. The van der Waals surface area contributed by atoms with Crippen LogP contribution in [-0.4, -0.2) is 23.9 Å². The van der Waals surface area contributed by atoms with Crippen molar-refractivity contribution in [3.8, 4) is 0 Å². The number of benzene rings is 1. The summed E-state index contributed by atoms with van der Waals surface area (Å²) in [5.74, 6) is -0.636. The van der Waals surface area contributed by atoms with Gasteiger partial charge in [-0.1, -0.05) is 25.1 Å². The second kappa shape index (κ2) is 7.46. The quantitative estimate of drug-likeness (QED) is 0.926. The summed E-state index contributed by atoms with van der Waals surface area (Å²) < 4.78 is 13.7. The molecule has 0 radical (unpaired) electrons. The van der Waals surface area contributed by atoms with Gasteiger partial charge < -0.3 is 10.6 Å². The van der Waals surface area contributed by atoms with Crippen molar-refractivity contribution >= 4 is 18.3 Å². The lowest BCUT2D eigenvalue weighted by molar-refractivity contribution is -0.136. The van der Waals surface area contributed by atoms with E-state index in [4.69, 9.17) is 5.73 Å². The number of carbonyl (C=O) groups excluding carboxylic acids is 1. The Balaban J connectivity index is 0.00000324. The minimum absolute atomic E-state index is 0. The SMILES string of the molecule is CC(N)C(C)C(=O)N(C)C(C)c1ccccc1F.Cl. The van der Waals surface area contributed by atoms with Crippen LogP contribution in [0.4, 0.5) is 4.39 Å². The maximum Gasteiger partial charge on any atom is 0.227 e. The van der Waals surface area contributed by atoms with E-state index < -0.39 is 0 Å². The summed E-state index contributed by atoms with van der Waals surface area (Å²) in [4.78, 5) is 13.7. The van der Waals surface area contributed by atoms with E-state index >= 15 is 0 Å². The number of nitrogens with two attached hydrogens (primary N) is 1. The molecule has 0 fully saturated rings. The Morgan fingerprint density at radius 2 is 1.79 bits per heavy atom. The smallest absolute Gasteiger partial charge is 0.227 e. The molecule has 0 aliphatic heterocycles. The molecule has 108 valence electrons. The molecule has 0 bridgehead atoms. The molecule has 1 amide bonds. The van der Waals surface area contributed by atoms with Gasteiger partial charge in [0.25, 0.3) is 0 Å². The van der Waals surface area contributed by atoms with Gasteiger partial charge in [0.1, 0.15) is 5.82 Å². The summed E-state index contributed by atoms with van der Waals surface area (Å²) in [6.45, 7) is 5.39. The average molecular weight is 289 g/mol. The van der Waals surface area contributed by atoms with E-state index in [1.54, 1.807) is 44.0 Å². The molecule has 0 aliphatic carbocycles. The molecule has 3 nitrogen and oxygen atoms in total. The molecule has 3 unspecified atom stereocenters. The molecule has 0 saturated heterocycles. The van der Waals surface area contributed by atoms with Gasteiger partial charge in [-0.15, -0.1) is 12.4 Å². The Kier molecular flexibility index (Phi) is 7.01. The molecule has 3 atom stereocenters. The first-order valence-electron chi connectivity index (χ1n) is 6.13. The van der Waals surface area contributed by atoms with E-state index in [1.807, 2.05) is 6.92 Å². The number of hydrogen-bond donors (Lipinski definition) is 1. The van der Waals surface area contributed by atoms with E-state index in [-0.39, 0.29) is 42.1 Å². The fourth-order valence-corrected chi connectivity index (χ4v) is 1.76. The van der Waals surface area contributed by atoms with Crippen molar-refractivity contribution in [2.45, 2.75) is 32.9 Å². The van der Waals surface area contributed by atoms with E-state index in [2.05, 4.69) is 0 Å². The average Bonchev–Trinajstić information content (AvgIpc) is 2.35. The van der Waals surface area contributed by atoms with Crippen LogP contribution in [0.3, 0.4) is 0 Å². The Bertz CT molecular complexity index is 426. The van der Waals surface area contributed by atoms with E-state index in [0.29, 0.717) is 5.56 Å². The predicted molar refractivity (Wildman–Crippen MR) is 77.6 cm³/mol. The van der Waals surface area contributed by atoms with Gasteiger partial charge in [-0.25, -0.2) is 4.39 Å². The maximum absolute atomic E-state index is 13.7. The Labute approximate surface area is 120 Å². The van der Waals surface area contributed by atoms with Crippen LogP contribution >= 0.6 is 12.4 Å². The van der Waals surface area contributed by atoms with Crippen molar-refractivity contribution in [2.75, 3.05) is 7.05 Å². The van der Waals surface area contributed by atoms with Gasteiger partial charge in [-0.05, 0) is 19.9 Å². The van der Waals surface area contributed by atoms with E-state index in [9.17, 15) is 9.18 Å². The first-order valence-corrected chi connectivity index (χ1v) is 6.13. The standard InChI is InChI=1S/C14H21FN2O.ClH/c1-9(10(2)16)14(18)17(4)11(3)12-7-5-6-8-13(12)15;/h5-11H,16H2,1-4H3;1H. The van der Waals surface area contributed by atoms with Crippen LogP contribution in [0.15, 0.2) is 24.3 Å². The number of halogens is 2. The van der Waals surface area contributed by atoms with Crippen molar-refractivity contribution in [3.63, 3.8) is 0 Å². The third-order valence-corrected chi connectivity index (χ3v) is 3.46. The highest BCUT2D eigenvalue weighted by atomic mass is 35.5. The zero-order valence-electron chi connectivity index (χ0n) is 11.8. The van der Waals surface area contributed by atoms with Crippen LogP contribution < -0.4 is 5.73 Å². The molecule has 5 heteroatoms. The highest BCUT2D eigenvalue weighted by Gasteiger charge is 2.25. The molecule has 0 spiro atoms. The van der Waals surface area contributed by atoms with Crippen LogP contribution in [-0.2, 0) is 4.79 Å². The third-order valence-electron chi connectivity index (χ3n) is 3.46. The minimum atomic E-state index is -0.306. The molecule has 19 heavy (non-hydrogen) atoms. The van der Waals surface area contributed by atoms with Crippen LogP contribution in [0.2, 0.25) is 0 Å². The molecule has 0 saturated carbocycles. The highest BCUT2D eigenvalue weighted by molar-refractivity contribution is 5.85. The molecule has 1 rings (SSSR count). The number of amides is 1. The van der Waals surface area contributed by atoms with Gasteiger partial charge in [0.2, 0.25) is 5.91 Å². The lowest BCUT2D eigenvalue weighted by Crippen LogP contribution is -2.41. The second-order valence-corrected chi connectivity index (χ2v) is 4.79. The Morgan fingerprint density at radius 1 is 1.26 bits per heavy atom. The minimum Gasteiger partial charge on any atom is -0.339 e. The predicted octanol–water partition coefficient (Wildman–Crippen LogP) is 2.75. The highest BCUT2D eigenvalue weighted by Crippen LogP contribution is 2.23. The largest absolute Gasteiger partial charge is 0.339 e. The van der Waals surface area contributed by atoms with Crippen molar-refractivity contribution < 1.29 is 9.18 Å². The molecule has 1 aromatic rings. The number of hydrogen-bond acceptors (Lipinski definition) is 2. The van der Waals surface area contributed by atoms with Gasteiger partial charge in [-0.2, -0.15) is 0 Å². The Morgan fingerprint density at radius 3 is 2.26 bits per heavy atom. The number of nitrogens with zero attached hydrogens (tertiary/aromatic N) is 1. The molecule has 0 aromatic heterocycles. The molecule has 1 aromatic carbocycles. The molecule has 0 aliphatic rings. The van der Waals surface area contributed by atoms with Gasteiger partial charge in [0.15, 0.2) is 0 Å². The fraction of sp³-hybridized carbons (Fsp3) is 0.500. The number of carbonyl (C=O) groups is 1. The topological polar surface area (TPSA) is 46.3 Å². The van der Waals surface area contributed by atoms with Gasteiger partial charge >= 0.3 is 0 Å². The first-order chi connectivity index (χ1) is 8.36. The van der Waals surface area contributed by atoms with Crippen LogP contribution in [0.1, 0.15) is 32.4 Å². The lowest BCUT2D eigenvalue weighted by atomic mass is 10.0.